The molecule has 0 radical (unpaired) electrons. The van der Waals surface area contributed by atoms with E-state index in [2.05, 4.69) is 38.7 Å². The highest BCUT2D eigenvalue weighted by molar-refractivity contribution is 7.80. The van der Waals surface area contributed by atoms with Gasteiger partial charge in [-0.15, -0.1) is 0 Å². The van der Waals surface area contributed by atoms with Gasteiger partial charge < -0.3 is 20.3 Å². The summed E-state index contributed by atoms with van der Waals surface area (Å²) in [6.45, 7) is 11.9. The zero-order chi connectivity index (χ0) is 13.8. The number of ether oxygens (including phenoxy) is 1. The van der Waals surface area contributed by atoms with E-state index in [1.54, 1.807) is 0 Å². The molecule has 0 aromatic heterocycles. The van der Waals surface area contributed by atoms with E-state index in [4.69, 9.17) is 22.7 Å². The lowest BCUT2D eigenvalue weighted by atomic mass is 10.2. The molecule has 5 heteroatoms. The fraction of sp³-hybridized carbons (Fsp3) is 0.769. The van der Waals surface area contributed by atoms with Crippen molar-refractivity contribution in [2.75, 3.05) is 26.2 Å². The van der Waals surface area contributed by atoms with Gasteiger partial charge in [-0.3, -0.25) is 0 Å². The van der Waals surface area contributed by atoms with Gasteiger partial charge >= 0.3 is 0 Å². The molecule has 1 aliphatic rings. The van der Waals surface area contributed by atoms with Crippen molar-refractivity contribution in [2.45, 2.75) is 39.7 Å². The van der Waals surface area contributed by atoms with Crippen molar-refractivity contribution in [3.05, 3.63) is 12.0 Å². The van der Waals surface area contributed by atoms with Crippen LogP contribution in [0.1, 0.15) is 34.1 Å². The maximum atomic E-state index is 6.02. The van der Waals surface area contributed by atoms with Crippen LogP contribution in [0.5, 0.6) is 0 Å². The molecule has 1 aliphatic heterocycles. The van der Waals surface area contributed by atoms with E-state index in [0.29, 0.717) is 5.11 Å². The topological polar surface area (TPSA) is 41.7 Å². The van der Waals surface area contributed by atoms with Gasteiger partial charge in [-0.2, -0.15) is 0 Å². The number of hydrogen-bond donors (Lipinski definition) is 1. The summed E-state index contributed by atoms with van der Waals surface area (Å²) in [5.74, 6) is 0.979. The highest BCUT2D eigenvalue weighted by Gasteiger charge is 2.23. The molecular weight excluding hydrogens is 246 g/mol. The Kier molecular flexibility index (Phi) is 5.26. The van der Waals surface area contributed by atoms with E-state index >= 15 is 0 Å². The molecule has 2 N–H and O–H groups in total. The third kappa shape index (κ3) is 4.72. The second-order valence-electron chi connectivity index (χ2n) is 5.48. The van der Waals surface area contributed by atoms with Gasteiger partial charge in [0.15, 0.2) is 11.0 Å². The van der Waals surface area contributed by atoms with Crippen LogP contribution in [0.4, 0.5) is 0 Å². The van der Waals surface area contributed by atoms with Crippen molar-refractivity contribution in [1.29, 1.82) is 0 Å². The molecule has 1 fully saturated rings. The number of nitrogens with zero attached hydrogens (tertiary/aromatic N) is 2. The van der Waals surface area contributed by atoms with Gasteiger partial charge in [0.05, 0.1) is 0 Å². The Bertz CT molecular complexity index is 315. The van der Waals surface area contributed by atoms with E-state index in [-0.39, 0.29) is 5.60 Å². The van der Waals surface area contributed by atoms with E-state index in [9.17, 15) is 0 Å². The largest absolute Gasteiger partial charge is 0.474 e. The summed E-state index contributed by atoms with van der Waals surface area (Å²) < 4.78 is 6.02. The van der Waals surface area contributed by atoms with Crippen LogP contribution in [0, 0.1) is 0 Å². The number of piperazine rings is 1. The Balaban J connectivity index is 2.62. The summed E-state index contributed by atoms with van der Waals surface area (Å²) >= 11 is 5.00. The van der Waals surface area contributed by atoms with Crippen molar-refractivity contribution in [2.24, 2.45) is 5.73 Å². The maximum absolute atomic E-state index is 6.02. The third-order valence-electron chi connectivity index (χ3n) is 2.69. The standard InChI is InChI=1S/C13H25N3OS/c1-5-6-11(17-13(2,3)4)15-7-9-16(10-8-15)12(14)18/h6H,5,7-10H2,1-4H3,(H2,14,18)/b11-6+. The van der Waals surface area contributed by atoms with Crippen LogP contribution >= 0.6 is 12.2 Å². The van der Waals surface area contributed by atoms with Crippen molar-refractivity contribution in [3.63, 3.8) is 0 Å². The summed E-state index contributed by atoms with van der Waals surface area (Å²) in [5, 5.41) is 0.493. The van der Waals surface area contributed by atoms with Gasteiger partial charge in [0, 0.05) is 26.2 Å². The average Bonchev–Trinajstić information content (AvgIpc) is 2.27. The first-order valence-electron chi connectivity index (χ1n) is 6.52. The molecule has 1 saturated heterocycles. The molecule has 0 bridgehead atoms. The summed E-state index contributed by atoms with van der Waals surface area (Å²) in [4.78, 5) is 4.30. The SMILES string of the molecule is CC/C=C(/OC(C)(C)C)N1CCN(C(N)=S)CC1. The van der Waals surface area contributed by atoms with Crippen LogP contribution in [0.25, 0.3) is 0 Å². The molecule has 0 amide bonds. The minimum Gasteiger partial charge on any atom is -0.474 e. The minimum atomic E-state index is -0.165. The second kappa shape index (κ2) is 6.27. The quantitative estimate of drug-likeness (QED) is 0.627. The molecule has 4 nitrogen and oxygen atoms in total. The molecule has 0 aliphatic carbocycles. The molecule has 1 heterocycles. The zero-order valence-corrected chi connectivity index (χ0v) is 12.7. The van der Waals surface area contributed by atoms with Crippen LogP contribution in [-0.4, -0.2) is 46.7 Å². The van der Waals surface area contributed by atoms with Gasteiger partial charge in [-0.05, 0) is 45.5 Å². The molecule has 0 spiro atoms. The molecule has 1 rings (SSSR count). The number of rotatable bonds is 3. The van der Waals surface area contributed by atoms with Gasteiger partial charge in [-0.1, -0.05) is 6.92 Å². The van der Waals surface area contributed by atoms with Crippen molar-refractivity contribution < 1.29 is 4.74 Å². The Labute approximate surface area is 116 Å². The summed E-state index contributed by atoms with van der Waals surface area (Å²) in [6.07, 6.45) is 3.11. The van der Waals surface area contributed by atoms with Crippen LogP contribution in [-0.2, 0) is 4.74 Å². The molecule has 18 heavy (non-hydrogen) atoms. The fourth-order valence-electron chi connectivity index (χ4n) is 1.87. The fourth-order valence-corrected chi connectivity index (χ4v) is 2.05. The predicted molar refractivity (Wildman–Crippen MR) is 79.1 cm³/mol. The lowest BCUT2D eigenvalue weighted by Gasteiger charge is -2.39. The normalized spacial score (nSPS) is 17.9. The van der Waals surface area contributed by atoms with Gasteiger partial charge in [-0.25, -0.2) is 0 Å². The van der Waals surface area contributed by atoms with E-state index in [0.717, 1.165) is 38.5 Å². The highest BCUT2D eigenvalue weighted by atomic mass is 32.1. The highest BCUT2D eigenvalue weighted by Crippen LogP contribution is 2.19. The number of thiocarbonyl (C=S) groups is 1. The molecule has 0 atom stereocenters. The molecule has 0 aromatic rings. The lowest BCUT2D eigenvalue weighted by molar-refractivity contribution is -0.00680. The van der Waals surface area contributed by atoms with E-state index in [1.165, 1.54) is 0 Å². The average molecular weight is 271 g/mol. The van der Waals surface area contributed by atoms with E-state index < -0.39 is 0 Å². The molecular formula is C13H25N3OS. The minimum absolute atomic E-state index is 0.165. The first kappa shape index (κ1) is 15.1. The van der Waals surface area contributed by atoms with Crippen LogP contribution < -0.4 is 5.73 Å². The van der Waals surface area contributed by atoms with Crippen LogP contribution in [0.2, 0.25) is 0 Å². The van der Waals surface area contributed by atoms with Crippen molar-refractivity contribution in [3.8, 4) is 0 Å². The zero-order valence-electron chi connectivity index (χ0n) is 11.9. The maximum Gasteiger partial charge on any atom is 0.185 e. The first-order chi connectivity index (χ1) is 8.33. The predicted octanol–water partition coefficient (Wildman–Crippen LogP) is 1.91. The number of allylic oxidation sites excluding steroid dienone is 1. The Morgan fingerprint density at radius 1 is 1.22 bits per heavy atom. The molecule has 104 valence electrons. The lowest BCUT2D eigenvalue weighted by Crippen LogP contribution is -2.50. The Morgan fingerprint density at radius 3 is 2.11 bits per heavy atom. The third-order valence-corrected chi connectivity index (χ3v) is 2.95. The summed E-state index contributed by atoms with van der Waals surface area (Å²) in [6, 6.07) is 0. The van der Waals surface area contributed by atoms with Crippen molar-refractivity contribution in [1.82, 2.24) is 9.80 Å². The van der Waals surface area contributed by atoms with Crippen LogP contribution in [0.3, 0.4) is 0 Å². The number of nitrogens with two attached hydrogens (primary N) is 1. The monoisotopic (exact) mass is 271 g/mol. The number of hydrogen-bond acceptors (Lipinski definition) is 3. The second-order valence-corrected chi connectivity index (χ2v) is 5.90. The molecule has 0 aromatic carbocycles. The Morgan fingerprint density at radius 2 is 1.72 bits per heavy atom. The van der Waals surface area contributed by atoms with Crippen molar-refractivity contribution >= 4 is 17.3 Å². The van der Waals surface area contributed by atoms with E-state index in [1.807, 2.05) is 4.90 Å². The first-order valence-corrected chi connectivity index (χ1v) is 6.93. The van der Waals surface area contributed by atoms with Crippen LogP contribution in [0.15, 0.2) is 12.0 Å². The van der Waals surface area contributed by atoms with Gasteiger partial charge in [0.1, 0.15) is 5.60 Å². The van der Waals surface area contributed by atoms with Gasteiger partial charge in [0.25, 0.3) is 0 Å². The molecule has 0 unspecified atom stereocenters. The smallest absolute Gasteiger partial charge is 0.185 e. The molecule has 0 saturated carbocycles. The Hall–Kier alpha value is -0.970. The summed E-state index contributed by atoms with van der Waals surface area (Å²) in [5.41, 5.74) is 5.48. The van der Waals surface area contributed by atoms with Gasteiger partial charge in [0.2, 0.25) is 0 Å². The summed E-state index contributed by atoms with van der Waals surface area (Å²) in [7, 11) is 0.